The minimum absolute atomic E-state index is 0.106. The third kappa shape index (κ3) is 2.77. The van der Waals surface area contributed by atoms with Crippen LogP contribution in [0.5, 0.6) is 0 Å². The van der Waals surface area contributed by atoms with Crippen molar-refractivity contribution >= 4 is 17.2 Å². The second-order valence-electron chi connectivity index (χ2n) is 2.31. The van der Waals surface area contributed by atoms with Gasteiger partial charge in [0.1, 0.15) is 0 Å². The van der Waals surface area contributed by atoms with E-state index in [9.17, 15) is 0 Å². The third-order valence-corrected chi connectivity index (χ3v) is 1.86. The number of hydrogen-bond donors (Lipinski definition) is 2. The number of hydrogen-bond acceptors (Lipinski definition) is 2. The van der Waals surface area contributed by atoms with Gasteiger partial charge in [-0.15, -0.1) is 0 Å². The summed E-state index contributed by atoms with van der Waals surface area (Å²) in [5.74, 6) is 0.405. The Bertz CT molecular complexity index is 103. The fourth-order valence-electron chi connectivity index (χ4n) is 0.534. The second kappa shape index (κ2) is 3.80. The average molecular weight is 146 g/mol. The lowest BCUT2D eigenvalue weighted by molar-refractivity contribution is 0.523. The summed E-state index contributed by atoms with van der Waals surface area (Å²) in [5, 5.41) is 0. The van der Waals surface area contributed by atoms with Gasteiger partial charge in [-0.3, -0.25) is 0 Å². The van der Waals surface area contributed by atoms with Crippen LogP contribution in [0.25, 0.3) is 0 Å². The van der Waals surface area contributed by atoms with Crippen LogP contribution in [-0.2, 0) is 0 Å². The highest BCUT2D eigenvalue weighted by Gasteiger charge is 2.11. The first-order chi connectivity index (χ1) is 4.09. The van der Waals surface area contributed by atoms with Gasteiger partial charge in [0.25, 0.3) is 0 Å². The first-order valence-electron chi connectivity index (χ1n) is 3.14. The van der Waals surface area contributed by atoms with Crippen LogP contribution in [0.3, 0.4) is 0 Å². The summed E-state index contributed by atoms with van der Waals surface area (Å²) in [6.07, 6.45) is 1.03. The number of nitrogens with two attached hydrogens (primary N) is 2. The van der Waals surface area contributed by atoms with E-state index in [-0.39, 0.29) is 6.04 Å². The Morgan fingerprint density at radius 1 is 1.67 bits per heavy atom. The highest BCUT2D eigenvalue weighted by molar-refractivity contribution is 7.80. The summed E-state index contributed by atoms with van der Waals surface area (Å²) < 4.78 is 0. The minimum Gasteiger partial charge on any atom is -0.392 e. The van der Waals surface area contributed by atoms with E-state index in [4.69, 9.17) is 23.7 Å². The summed E-state index contributed by atoms with van der Waals surface area (Å²) in [7, 11) is 0. The zero-order valence-corrected chi connectivity index (χ0v) is 6.74. The summed E-state index contributed by atoms with van der Waals surface area (Å²) >= 11 is 4.71. The SMILES string of the molecule is CC[C@@H](C)[C@@H](N)C(N)=S. The van der Waals surface area contributed by atoms with Crippen LogP contribution in [0.4, 0.5) is 0 Å². The summed E-state index contributed by atoms with van der Waals surface area (Å²) in [6.45, 7) is 4.12. The molecule has 0 saturated heterocycles. The van der Waals surface area contributed by atoms with Crippen molar-refractivity contribution in [2.24, 2.45) is 17.4 Å². The van der Waals surface area contributed by atoms with Crippen molar-refractivity contribution in [2.45, 2.75) is 26.3 Å². The Labute approximate surface area is 61.6 Å². The molecule has 0 aliphatic rings. The molecule has 2 atom stereocenters. The van der Waals surface area contributed by atoms with Gasteiger partial charge in [-0.1, -0.05) is 32.5 Å². The molecule has 0 amide bonds. The molecule has 0 unspecified atom stereocenters. The van der Waals surface area contributed by atoms with Crippen molar-refractivity contribution in [1.29, 1.82) is 0 Å². The molecule has 0 aliphatic heterocycles. The van der Waals surface area contributed by atoms with Gasteiger partial charge in [0.05, 0.1) is 11.0 Å². The minimum atomic E-state index is -0.106. The highest BCUT2D eigenvalue weighted by Crippen LogP contribution is 2.04. The van der Waals surface area contributed by atoms with Gasteiger partial charge in [-0.2, -0.15) is 0 Å². The first kappa shape index (κ1) is 8.85. The van der Waals surface area contributed by atoms with Crippen molar-refractivity contribution in [2.75, 3.05) is 0 Å². The molecule has 0 radical (unpaired) electrons. The monoisotopic (exact) mass is 146 g/mol. The molecule has 0 saturated carbocycles. The predicted octanol–water partition coefficient (Wildman–Crippen LogP) is 0.646. The maximum Gasteiger partial charge on any atom is 0.0900 e. The summed E-state index contributed by atoms with van der Waals surface area (Å²) in [4.78, 5) is 0.421. The van der Waals surface area contributed by atoms with Crippen LogP contribution in [0.15, 0.2) is 0 Å². The van der Waals surface area contributed by atoms with Crippen LogP contribution in [0.2, 0.25) is 0 Å². The Balaban J connectivity index is 3.72. The lowest BCUT2D eigenvalue weighted by Gasteiger charge is -2.15. The Morgan fingerprint density at radius 2 is 2.11 bits per heavy atom. The largest absolute Gasteiger partial charge is 0.392 e. The predicted molar refractivity (Wildman–Crippen MR) is 44.2 cm³/mol. The molecule has 4 N–H and O–H groups in total. The molecule has 2 nitrogen and oxygen atoms in total. The van der Waals surface area contributed by atoms with Crippen LogP contribution >= 0.6 is 12.2 Å². The Kier molecular flexibility index (Phi) is 3.73. The van der Waals surface area contributed by atoms with Crippen LogP contribution in [0, 0.1) is 5.92 Å². The normalized spacial score (nSPS) is 16.8. The van der Waals surface area contributed by atoms with Crippen LogP contribution in [-0.4, -0.2) is 11.0 Å². The molecule has 0 fully saturated rings. The van der Waals surface area contributed by atoms with E-state index in [0.29, 0.717) is 10.9 Å². The van der Waals surface area contributed by atoms with E-state index in [1.807, 2.05) is 6.92 Å². The van der Waals surface area contributed by atoms with Crippen LogP contribution < -0.4 is 11.5 Å². The van der Waals surface area contributed by atoms with Gasteiger partial charge < -0.3 is 11.5 Å². The van der Waals surface area contributed by atoms with Crippen molar-refractivity contribution in [1.82, 2.24) is 0 Å². The topological polar surface area (TPSA) is 52.0 Å². The molecule has 3 heteroatoms. The molecule has 9 heavy (non-hydrogen) atoms. The number of rotatable bonds is 3. The van der Waals surface area contributed by atoms with Gasteiger partial charge in [-0.05, 0) is 5.92 Å². The fraction of sp³-hybridized carbons (Fsp3) is 0.833. The van der Waals surface area contributed by atoms with E-state index < -0.39 is 0 Å². The highest BCUT2D eigenvalue weighted by atomic mass is 32.1. The Hall–Kier alpha value is -0.150. The molecule has 0 spiro atoms. The first-order valence-corrected chi connectivity index (χ1v) is 3.55. The Morgan fingerprint density at radius 3 is 2.22 bits per heavy atom. The van der Waals surface area contributed by atoms with Crippen molar-refractivity contribution < 1.29 is 0 Å². The van der Waals surface area contributed by atoms with Gasteiger partial charge >= 0.3 is 0 Å². The van der Waals surface area contributed by atoms with E-state index in [1.165, 1.54) is 0 Å². The average Bonchev–Trinajstić information content (AvgIpc) is 1.84. The van der Waals surface area contributed by atoms with E-state index >= 15 is 0 Å². The molecular formula is C6H14N2S. The van der Waals surface area contributed by atoms with Crippen LogP contribution in [0.1, 0.15) is 20.3 Å². The molecular weight excluding hydrogens is 132 g/mol. The lowest BCUT2D eigenvalue weighted by atomic mass is 10.0. The maximum absolute atomic E-state index is 5.60. The van der Waals surface area contributed by atoms with E-state index in [0.717, 1.165) is 6.42 Å². The second-order valence-corrected chi connectivity index (χ2v) is 2.79. The van der Waals surface area contributed by atoms with E-state index in [1.54, 1.807) is 0 Å². The smallest absolute Gasteiger partial charge is 0.0900 e. The van der Waals surface area contributed by atoms with Crippen molar-refractivity contribution in [3.8, 4) is 0 Å². The van der Waals surface area contributed by atoms with Gasteiger partial charge in [0.15, 0.2) is 0 Å². The van der Waals surface area contributed by atoms with Crippen molar-refractivity contribution in [3.05, 3.63) is 0 Å². The molecule has 0 heterocycles. The van der Waals surface area contributed by atoms with Crippen molar-refractivity contribution in [3.63, 3.8) is 0 Å². The quantitative estimate of drug-likeness (QED) is 0.575. The zero-order valence-electron chi connectivity index (χ0n) is 5.92. The third-order valence-electron chi connectivity index (χ3n) is 1.59. The standard InChI is InChI=1S/C6H14N2S/c1-3-4(2)5(7)6(8)9/h4-5H,3,7H2,1-2H3,(H2,8,9)/t4-,5-/m1/s1. The molecule has 0 bridgehead atoms. The number of thiocarbonyl (C=S) groups is 1. The van der Waals surface area contributed by atoms with Gasteiger partial charge in [0, 0.05) is 0 Å². The zero-order chi connectivity index (χ0) is 7.44. The maximum atomic E-state index is 5.60. The van der Waals surface area contributed by atoms with Gasteiger partial charge in [0.2, 0.25) is 0 Å². The molecule has 0 aromatic rings. The lowest BCUT2D eigenvalue weighted by Crippen LogP contribution is -2.40. The summed E-state index contributed by atoms with van der Waals surface area (Å²) in [6, 6.07) is -0.106. The van der Waals surface area contributed by atoms with E-state index in [2.05, 4.69) is 6.92 Å². The summed E-state index contributed by atoms with van der Waals surface area (Å²) in [5.41, 5.74) is 10.9. The molecule has 0 aromatic carbocycles. The molecule has 0 aromatic heterocycles. The molecule has 0 aliphatic carbocycles. The molecule has 54 valence electrons. The molecule has 0 rings (SSSR count). The van der Waals surface area contributed by atoms with Gasteiger partial charge in [-0.25, -0.2) is 0 Å². The fourth-order valence-corrected chi connectivity index (χ4v) is 0.767.